The zero-order valence-corrected chi connectivity index (χ0v) is 17.8. The largest absolute Gasteiger partial charge is 0.322 e. The highest BCUT2D eigenvalue weighted by Gasteiger charge is 2.20. The minimum Gasteiger partial charge on any atom is -0.322 e. The molecule has 6 nitrogen and oxygen atoms in total. The Kier molecular flexibility index (Phi) is 6.11. The van der Waals surface area contributed by atoms with Crippen molar-refractivity contribution < 1.29 is 13.2 Å². The van der Waals surface area contributed by atoms with Crippen LogP contribution in [0.15, 0.2) is 65.6 Å². The van der Waals surface area contributed by atoms with E-state index in [9.17, 15) is 13.2 Å². The summed E-state index contributed by atoms with van der Waals surface area (Å²) in [6.07, 6.45) is 0. The summed E-state index contributed by atoms with van der Waals surface area (Å²) in [6.45, 7) is 3.73. The van der Waals surface area contributed by atoms with Gasteiger partial charge in [-0.3, -0.25) is 9.52 Å². The third-order valence-electron chi connectivity index (χ3n) is 4.38. The monoisotopic (exact) mass is 439 g/mol. The van der Waals surface area contributed by atoms with Crippen LogP contribution >= 0.6 is 11.6 Å². The van der Waals surface area contributed by atoms with Crippen molar-refractivity contribution in [1.82, 2.24) is 0 Å². The van der Waals surface area contributed by atoms with Crippen molar-refractivity contribution in [1.29, 1.82) is 5.26 Å². The van der Waals surface area contributed by atoms with E-state index in [1.54, 1.807) is 19.1 Å². The highest BCUT2D eigenvalue weighted by molar-refractivity contribution is 7.92. The molecule has 0 aliphatic rings. The van der Waals surface area contributed by atoms with Crippen molar-refractivity contribution in [3.05, 3.63) is 87.9 Å². The first kappa shape index (κ1) is 21.4. The number of aryl methyl sites for hydroxylation is 2. The van der Waals surface area contributed by atoms with Gasteiger partial charge in [-0.25, -0.2) is 8.42 Å². The minimum absolute atomic E-state index is 0.0311. The first-order chi connectivity index (χ1) is 14.2. The van der Waals surface area contributed by atoms with Crippen LogP contribution in [0.4, 0.5) is 11.4 Å². The molecule has 0 bridgehead atoms. The molecule has 0 heterocycles. The van der Waals surface area contributed by atoms with Crippen LogP contribution < -0.4 is 10.0 Å². The van der Waals surface area contributed by atoms with Crippen LogP contribution in [0.1, 0.15) is 27.0 Å². The summed E-state index contributed by atoms with van der Waals surface area (Å²) in [5.41, 5.74) is 3.28. The number of anilines is 2. The fourth-order valence-corrected chi connectivity index (χ4v) is 4.47. The molecule has 1 amide bonds. The van der Waals surface area contributed by atoms with Crippen LogP contribution in [0.25, 0.3) is 0 Å². The number of nitrogens with one attached hydrogen (secondary N) is 2. The second kappa shape index (κ2) is 8.57. The van der Waals surface area contributed by atoms with Crippen LogP contribution in [0.2, 0.25) is 5.02 Å². The molecule has 0 fully saturated rings. The van der Waals surface area contributed by atoms with Gasteiger partial charge in [0.2, 0.25) is 0 Å². The number of carbonyl (C=O) groups is 1. The van der Waals surface area contributed by atoms with Crippen molar-refractivity contribution in [2.45, 2.75) is 18.7 Å². The maximum Gasteiger partial charge on any atom is 0.263 e. The van der Waals surface area contributed by atoms with Crippen LogP contribution in [-0.4, -0.2) is 14.3 Å². The van der Waals surface area contributed by atoms with Gasteiger partial charge in [-0.05, 0) is 67.9 Å². The second-order valence-corrected chi connectivity index (χ2v) is 8.77. The SMILES string of the molecule is Cc1ccc(NS(=O)(=O)c2cc(NC(=O)c3ccc(C#N)cc3)ccc2Cl)c(C)c1. The van der Waals surface area contributed by atoms with Gasteiger partial charge in [-0.15, -0.1) is 0 Å². The molecule has 0 aromatic heterocycles. The molecular formula is C22H18ClN3O3S. The molecule has 152 valence electrons. The number of rotatable bonds is 5. The zero-order valence-electron chi connectivity index (χ0n) is 16.2. The maximum absolute atomic E-state index is 12.9. The van der Waals surface area contributed by atoms with E-state index in [2.05, 4.69) is 10.0 Å². The molecule has 2 N–H and O–H groups in total. The van der Waals surface area contributed by atoms with E-state index in [1.807, 2.05) is 19.1 Å². The maximum atomic E-state index is 12.9. The van der Waals surface area contributed by atoms with Gasteiger partial charge in [-0.2, -0.15) is 5.26 Å². The summed E-state index contributed by atoms with van der Waals surface area (Å²) < 4.78 is 28.3. The van der Waals surface area contributed by atoms with Gasteiger partial charge >= 0.3 is 0 Å². The van der Waals surface area contributed by atoms with E-state index in [1.165, 1.54) is 42.5 Å². The summed E-state index contributed by atoms with van der Waals surface area (Å²) in [6, 6.07) is 17.7. The molecule has 0 radical (unpaired) electrons. The third kappa shape index (κ3) is 4.79. The van der Waals surface area contributed by atoms with Crippen molar-refractivity contribution in [2.24, 2.45) is 0 Å². The summed E-state index contributed by atoms with van der Waals surface area (Å²) in [5.74, 6) is -0.438. The topological polar surface area (TPSA) is 99.1 Å². The predicted molar refractivity (Wildman–Crippen MR) is 117 cm³/mol. The third-order valence-corrected chi connectivity index (χ3v) is 6.23. The molecule has 3 aromatic rings. The van der Waals surface area contributed by atoms with E-state index in [0.717, 1.165) is 11.1 Å². The van der Waals surface area contributed by atoms with Crippen molar-refractivity contribution in [3.63, 3.8) is 0 Å². The van der Waals surface area contributed by atoms with Crippen molar-refractivity contribution in [3.8, 4) is 6.07 Å². The second-order valence-electron chi connectivity index (χ2n) is 6.71. The average Bonchev–Trinajstić information content (AvgIpc) is 2.71. The normalized spacial score (nSPS) is 10.9. The number of nitriles is 1. The van der Waals surface area contributed by atoms with E-state index in [0.29, 0.717) is 16.8 Å². The lowest BCUT2D eigenvalue weighted by Crippen LogP contribution is -2.16. The molecule has 0 aliphatic carbocycles. The summed E-state index contributed by atoms with van der Waals surface area (Å²) in [5, 5.41) is 11.5. The number of halogens is 1. The lowest BCUT2D eigenvalue weighted by molar-refractivity contribution is 0.102. The Morgan fingerprint density at radius 3 is 2.33 bits per heavy atom. The average molecular weight is 440 g/mol. The first-order valence-electron chi connectivity index (χ1n) is 8.91. The molecule has 0 spiro atoms. The molecule has 3 aromatic carbocycles. The van der Waals surface area contributed by atoms with Crippen LogP contribution in [0, 0.1) is 25.2 Å². The fourth-order valence-electron chi connectivity index (χ4n) is 2.81. The van der Waals surface area contributed by atoms with Gasteiger partial charge in [0.15, 0.2) is 0 Å². The Morgan fingerprint density at radius 1 is 1.00 bits per heavy atom. The quantitative estimate of drug-likeness (QED) is 0.591. The molecule has 0 unspecified atom stereocenters. The Morgan fingerprint density at radius 2 is 1.70 bits per heavy atom. The van der Waals surface area contributed by atoms with Crippen molar-refractivity contribution in [2.75, 3.05) is 10.0 Å². The van der Waals surface area contributed by atoms with Crippen molar-refractivity contribution >= 4 is 38.9 Å². The number of hydrogen-bond acceptors (Lipinski definition) is 4. The van der Waals surface area contributed by atoms with E-state index in [4.69, 9.17) is 16.9 Å². The molecule has 0 aliphatic heterocycles. The van der Waals surface area contributed by atoms with E-state index < -0.39 is 15.9 Å². The molecule has 0 saturated carbocycles. The number of carbonyl (C=O) groups excluding carboxylic acids is 1. The standard InChI is InChI=1S/C22H18ClN3O3S/c1-14-3-10-20(15(2)11-14)26-30(28,29)21-12-18(8-9-19(21)23)25-22(27)17-6-4-16(13-24)5-7-17/h3-12,26H,1-2H3,(H,25,27). The number of nitrogens with zero attached hydrogens (tertiary/aromatic N) is 1. The Balaban J connectivity index is 1.86. The summed E-state index contributed by atoms with van der Waals surface area (Å²) in [4.78, 5) is 12.3. The van der Waals surface area contributed by atoms with Gasteiger partial charge in [0, 0.05) is 11.3 Å². The summed E-state index contributed by atoms with van der Waals surface area (Å²) in [7, 11) is -3.98. The van der Waals surface area contributed by atoms with Gasteiger partial charge in [0.25, 0.3) is 15.9 Å². The first-order valence-corrected chi connectivity index (χ1v) is 10.8. The number of sulfonamides is 1. The number of hydrogen-bond donors (Lipinski definition) is 2. The molecule has 8 heteroatoms. The lowest BCUT2D eigenvalue weighted by atomic mass is 10.1. The molecule has 3 rings (SSSR count). The number of benzene rings is 3. The van der Waals surface area contributed by atoms with Gasteiger partial charge in [0.05, 0.1) is 22.3 Å². The van der Waals surface area contributed by atoms with Crippen LogP contribution in [0.5, 0.6) is 0 Å². The van der Waals surface area contributed by atoms with Gasteiger partial charge in [0.1, 0.15) is 4.90 Å². The molecule has 30 heavy (non-hydrogen) atoms. The molecular weight excluding hydrogens is 422 g/mol. The molecule has 0 saturated heterocycles. The van der Waals surface area contributed by atoms with Gasteiger partial charge < -0.3 is 5.32 Å². The van der Waals surface area contributed by atoms with Crippen LogP contribution in [-0.2, 0) is 10.0 Å². The highest BCUT2D eigenvalue weighted by Crippen LogP contribution is 2.28. The lowest BCUT2D eigenvalue weighted by Gasteiger charge is -2.14. The van der Waals surface area contributed by atoms with E-state index in [-0.39, 0.29) is 15.6 Å². The smallest absolute Gasteiger partial charge is 0.263 e. The van der Waals surface area contributed by atoms with E-state index >= 15 is 0 Å². The fraction of sp³-hybridized carbons (Fsp3) is 0.0909. The highest BCUT2D eigenvalue weighted by atomic mass is 35.5. The Bertz CT molecular complexity index is 1260. The predicted octanol–water partition coefficient (Wildman–Crippen LogP) is 4.88. The van der Waals surface area contributed by atoms with Gasteiger partial charge in [-0.1, -0.05) is 29.3 Å². The number of amides is 1. The Hall–Kier alpha value is -3.34. The Labute approximate surface area is 180 Å². The minimum atomic E-state index is -3.98. The molecule has 0 atom stereocenters. The zero-order chi connectivity index (χ0) is 21.9. The summed E-state index contributed by atoms with van der Waals surface area (Å²) >= 11 is 6.14. The van der Waals surface area contributed by atoms with Crippen LogP contribution in [0.3, 0.4) is 0 Å².